The summed E-state index contributed by atoms with van der Waals surface area (Å²) in [5.74, 6) is 2.12. The quantitative estimate of drug-likeness (QED) is 0.759. The summed E-state index contributed by atoms with van der Waals surface area (Å²) in [4.78, 5) is 16.9. The standard InChI is InChI=1S/C15H23N7O2S/c1-12-17-14(11-20(12)4)25(23,24)22-9-7-21(8-10-22)15-16-6-5-13(18-15)19(2)3/h5-6,11H,7-10H2,1-4H3. The van der Waals surface area contributed by atoms with Gasteiger partial charge in [0.2, 0.25) is 5.95 Å². The van der Waals surface area contributed by atoms with Crippen molar-refractivity contribution < 1.29 is 8.42 Å². The first-order valence-electron chi connectivity index (χ1n) is 8.04. The van der Waals surface area contributed by atoms with E-state index in [1.807, 2.05) is 30.0 Å². The zero-order valence-corrected chi connectivity index (χ0v) is 15.7. The summed E-state index contributed by atoms with van der Waals surface area (Å²) in [6.45, 7) is 3.64. The Morgan fingerprint density at radius 2 is 1.80 bits per heavy atom. The van der Waals surface area contributed by atoms with Crippen LogP contribution in [0.5, 0.6) is 0 Å². The zero-order valence-electron chi connectivity index (χ0n) is 14.9. The Morgan fingerprint density at radius 3 is 2.36 bits per heavy atom. The highest BCUT2D eigenvalue weighted by Crippen LogP contribution is 2.19. The van der Waals surface area contributed by atoms with Crippen LogP contribution in [0, 0.1) is 6.92 Å². The van der Waals surface area contributed by atoms with Crippen LogP contribution in [0.15, 0.2) is 23.5 Å². The molecule has 1 aliphatic rings. The highest BCUT2D eigenvalue weighted by molar-refractivity contribution is 7.89. The van der Waals surface area contributed by atoms with E-state index in [4.69, 9.17) is 0 Å². The molecular formula is C15H23N7O2S. The van der Waals surface area contributed by atoms with Crippen LogP contribution in [0.3, 0.4) is 0 Å². The largest absolute Gasteiger partial charge is 0.363 e. The fourth-order valence-electron chi connectivity index (χ4n) is 2.65. The molecular weight excluding hydrogens is 342 g/mol. The molecule has 10 heteroatoms. The number of sulfonamides is 1. The number of rotatable bonds is 4. The molecule has 1 aliphatic heterocycles. The van der Waals surface area contributed by atoms with Crippen molar-refractivity contribution in [1.82, 2.24) is 23.8 Å². The van der Waals surface area contributed by atoms with Gasteiger partial charge in [-0.2, -0.15) is 9.29 Å². The second kappa shape index (κ2) is 6.60. The van der Waals surface area contributed by atoms with E-state index in [1.54, 1.807) is 30.9 Å². The van der Waals surface area contributed by atoms with Crippen molar-refractivity contribution in [3.05, 3.63) is 24.3 Å². The zero-order chi connectivity index (χ0) is 18.2. The molecule has 0 aromatic carbocycles. The van der Waals surface area contributed by atoms with Gasteiger partial charge in [-0.25, -0.2) is 18.4 Å². The van der Waals surface area contributed by atoms with E-state index in [1.165, 1.54) is 4.31 Å². The number of anilines is 2. The van der Waals surface area contributed by atoms with Gasteiger partial charge in [0.1, 0.15) is 11.6 Å². The lowest BCUT2D eigenvalue weighted by atomic mass is 10.4. The average molecular weight is 365 g/mol. The Balaban J connectivity index is 1.72. The maximum atomic E-state index is 12.7. The van der Waals surface area contributed by atoms with Crippen LogP contribution in [0.25, 0.3) is 0 Å². The van der Waals surface area contributed by atoms with Crippen LogP contribution in [-0.2, 0) is 17.1 Å². The third kappa shape index (κ3) is 3.45. The molecule has 136 valence electrons. The second-order valence-corrected chi connectivity index (χ2v) is 8.12. The highest BCUT2D eigenvalue weighted by Gasteiger charge is 2.31. The van der Waals surface area contributed by atoms with Gasteiger partial charge >= 0.3 is 0 Å². The number of nitrogens with zero attached hydrogens (tertiary/aromatic N) is 7. The highest BCUT2D eigenvalue weighted by atomic mass is 32.2. The SMILES string of the molecule is Cc1nc(S(=O)(=O)N2CCN(c3nccc(N(C)C)n3)CC2)cn1C. The van der Waals surface area contributed by atoms with Crippen LogP contribution >= 0.6 is 0 Å². The first kappa shape index (κ1) is 17.6. The Kier molecular flexibility index (Phi) is 4.65. The maximum Gasteiger partial charge on any atom is 0.262 e. The van der Waals surface area contributed by atoms with Gasteiger partial charge in [0.05, 0.1) is 0 Å². The topological polar surface area (TPSA) is 87.5 Å². The first-order chi connectivity index (χ1) is 11.8. The number of aryl methyl sites for hydroxylation is 2. The molecule has 2 aromatic heterocycles. The molecule has 0 unspecified atom stereocenters. The molecule has 1 saturated heterocycles. The number of aromatic nitrogens is 4. The lowest BCUT2D eigenvalue weighted by Gasteiger charge is -2.33. The van der Waals surface area contributed by atoms with E-state index in [9.17, 15) is 8.42 Å². The summed E-state index contributed by atoms with van der Waals surface area (Å²) in [5.41, 5.74) is 0. The molecule has 0 aliphatic carbocycles. The minimum Gasteiger partial charge on any atom is -0.363 e. The van der Waals surface area contributed by atoms with E-state index in [0.717, 1.165) is 5.82 Å². The molecule has 0 radical (unpaired) electrons. The van der Waals surface area contributed by atoms with Gasteiger partial charge in [0.15, 0.2) is 5.03 Å². The van der Waals surface area contributed by atoms with Crippen LogP contribution in [0.1, 0.15) is 5.82 Å². The van der Waals surface area contributed by atoms with Gasteiger partial charge in [-0.05, 0) is 13.0 Å². The summed E-state index contributed by atoms with van der Waals surface area (Å²) in [7, 11) is 2.07. The van der Waals surface area contributed by atoms with Gasteiger partial charge in [0.25, 0.3) is 10.0 Å². The third-order valence-electron chi connectivity index (χ3n) is 4.30. The number of hydrogen-bond donors (Lipinski definition) is 0. The first-order valence-corrected chi connectivity index (χ1v) is 9.48. The normalized spacial score (nSPS) is 16.2. The van der Waals surface area contributed by atoms with E-state index >= 15 is 0 Å². The minimum atomic E-state index is -3.57. The monoisotopic (exact) mass is 365 g/mol. The molecule has 25 heavy (non-hydrogen) atoms. The van der Waals surface area contributed by atoms with Crippen molar-refractivity contribution in [3.8, 4) is 0 Å². The summed E-state index contributed by atoms with van der Waals surface area (Å²) in [5, 5.41) is 0.104. The Bertz CT molecular complexity index is 835. The molecule has 2 aromatic rings. The van der Waals surface area contributed by atoms with Crippen LogP contribution in [-0.4, -0.2) is 72.5 Å². The summed E-state index contributed by atoms with van der Waals surface area (Å²) in [6.07, 6.45) is 3.28. The molecule has 3 rings (SSSR count). The van der Waals surface area contributed by atoms with Crippen molar-refractivity contribution in [2.75, 3.05) is 50.1 Å². The lowest BCUT2D eigenvalue weighted by Crippen LogP contribution is -2.49. The molecule has 0 atom stereocenters. The fourth-order valence-corrected chi connectivity index (χ4v) is 4.10. The Labute approximate surface area is 148 Å². The van der Waals surface area contributed by atoms with Crippen molar-refractivity contribution in [3.63, 3.8) is 0 Å². The van der Waals surface area contributed by atoms with Gasteiger partial charge in [-0.1, -0.05) is 0 Å². The van der Waals surface area contributed by atoms with Gasteiger partial charge in [-0.15, -0.1) is 0 Å². The fraction of sp³-hybridized carbons (Fsp3) is 0.533. The molecule has 3 heterocycles. The van der Waals surface area contributed by atoms with E-state index in [2.05, 4.69) is 15.0 Å². The molecule has 0 saturated carbocycles. The van der Waals surface area contributed by atoms with Crippen LogP contribution in [0.2, 0.25) is 0 Å². The van der Waals surface area contributed by atoms with Crippen molar-refractivity contribution in [1.29, 1.82) is 0 Å². The Hall–Kier alpha value is -2.20. The third-order valence-corrected chi connectivity index (χ3v) is 6.07. The predicted octanol–water partition coefficient (Wildman–Crippen LogP) is 0.0954. The molecule has 0 bridgehead atoms. The molecule has 0 N–H and O–H groups in total. The summed E-state index contributed by atoms with van der Waals surface area (Å²) < 4.78 is 28.7. The molecule has 0 amide bonds. The number of hydrogen-bond acceptors (Lipinski definition) is 7. The number of imidazole rings is 1. The average Bonchev–Trinajstić information content (AvgIpc) is 2.95. The van der Waals surface area contributed by atoms with Gasteiger partial charge in [-0.3, -0.25) is 0 Å². The lowest BCUT2D eigenvalue weighted by molar-refractivity contribution is 0.381. The number of piperazine rings is 1. The van der Waals surface area contributed by atoms with Crippen molar-refractivity contribution in [2.45, 2.75) is 11.9 Å². The minimum absolute atomic E-state index is 0.104. The van der Waals surface area contributed by atoms with Gasteiger partial charge < -0.3 is 14.4 Å². The van der Waals surface area contributed by atoms with Crippen molar-refractivity contribution >= 4 is 21.8 Å². The molecule has 0 spiro atoms. The molecule has 9 nitrogen and oxygen atoms in total. The van der Waals surface area contributed by atoms with Crippen LogP contribution < -0.4 is 9.80 Å². The predicted molar refractivity (Wildman–Crippen MR) is 95.3 cm³/mol. The molecule has 1 fully saturated rings. The van der Waals surface area contributed by atoms with E-state index in [0.29, 0.717) is 38.0 Å². The summed E-state index contributed by atoms with van der Waals surface area (Å²) in [6, 6.07) is 1.84. The second-order valence-electron chi connectivity index (χ2n) is 6.24. The van der Waals surface area contributed by atoms with Crippen LogP contribution in [0.4, 0.5) is 11.8 Å². The van der Waals surface area contributed by atoms with Crippen molar-refractivity contribution in [2.24, 2.45) is 7.05 Å². The van der Waals surface area contributed by atoms with Gasteiger partial charge in [0, 0.05) is 59.7 Å². The van der Waals surface area contributed by atoms with E-state index < -0.39 is 10.0 Å². The summed E-state index contributed by atoms with van der Waals surface area (Å²) >= 11 is 0. The van der Waals surface area contributed by atoms with E-state index in [-0.39, 0.29) is 5.03 Å². The Morgan fingerprint density at radius 1 is 1.12 bits per heavy atom. The smallest absolute Gasteiger partial charge is 0.262 e. The maximum absolute atomic E-state index is 12.7.